The fourth-order valence-electron chi connectivity index (χ4n) is 2.74. The Morgan fingerprint density at radius 2 is 2.11 bits per heavy atom. The van der Waals surface area contributed by atoms with Crippen molar-refractivity contribution in [2.75, 3.05) is 23.0 Å². The minimum atomic E-state index is -1.19. The molecule has 2 aliphatic heterocycles. The van der Waals surface area contributed by atoms with Gasteiger partial charge in [0.25, 0.3) is 5.91 Å². The lowest BCUT2D eigenvalue weighted by molar-refractivity contribution is -0.137. The van der Waals surface area contributed by atoms with E-state index in [0.717, 1.165) is 29.2 Å². The lowest BCUT2D eigenvalue weighted by Gasteiger charge is -2.34. The number of halogens is 1. The van der Waals surface area contributed by atoms with Crippen molar-refractivity contribution in [2.45, 2.75) is 24.9 Å². The van der Waals surface area contributed by atoms with E-state index in [4.69, 9.17) is 11.6 Å². The van der Waals surface area contributed by atoms with Crippen LogP contribution in [0, 0.1) is 0 Å². The quantitative estimate of drug-likeness (QED) is 0.866. The fourth-order valence-corrected chi connectivity index (χ4v) is 4.07. The number of hydrogen-bond donors (Lipinski definition) is 1. The highest BCUT2D eigenvalue weighted by Crippen LogP contribution is 2.35. The smallest absolute Gasteiger partial charge is 0.259 e. The zero-order valence-electron chi connectivity index (χ0n) is 10.6. The molecule has 19 heavy (non-hydrogen) atoms. The van der Waals surface area contributed by atoms with E-state index in [1.54, 1.807) is 16.7 Å². The highest BCUT2D eigenvalue weighted by molar-refractivity contribution is 7.99. The Bertz CT molecular complexity index is 514. The van der Waals surface area contributed by atoms with Gasteiger partial charge in [-0.1, -0.05) is 17.7 Å². The van der Waals surface area contributed by atoms with Crippen LogP contribution in [-0.4, -0.2) is 34.7 Å². The van der Waals surface area contributed by atoms with E-state index in [1.807, 2.05) is 18.2 Å². The average Bonchev–Trinajstić information content (AvgIpc) is 2.81. The maximum atomic E-state index is 12.6. The minimum Gasteiger partial charge on any atom is -0.380 e. The lowest BCUT2D eigenvalue weighted by Crippen LogP contribution is -2.50. The van der Waals surface area contributed by atoms with Gasteiger partial charge in [-0.2, -0.15) is 11.8 Å². The number of anilines is 1. The molecule has 0 atom stereocenters. The fraction of sp³-hybridized carbons (Fsp3) is 0.500. The van der Waals surface area contributed by atoms with E-state index in [2.05, 4.69) is 0 Å². The molecule has 1 aromatic carbocycles. The number of carbonyl (C=O) groups excluding carboxylic acids is 1. The van der Waals surface area contributed by atoms with Gasteiger partial charge in [-0.3, -0.25) is 4.79 Å². The molecule has 2 aliphatic rings. The summed E-state index contributed by atoms with van der Waals surface area (Å²) in [4.78, 5) is 14.3. The first kappa shape index (κ1) is 13.3. The first-order chi connectivity index (χ1) is 9.10. The van der Waals surface area contributed by atoms with E-state index in [9.17, 15) is 9.90 Å². The monoisotopic (exact) mass is 297 g/mol. The van der Waals surface area contributed by atoms with Crippen LogP contribution in [0.2, 0.25) is 5.02 Å². The van der Waals surface area contributed by atoms with E-state index in [-0.39, 0.29) is 5.91 Å². The van der Waals surface area contributed by atoms with E-state index in [1.165, 1.54) is 0 Å². The maximum absolute atomic E-state index is 12.6. The van der Waals surface area contributed by atoms with Gasteiger partial charge in [-0.05, 0) is 48.5 Å². The molecule has 1 saturated heterocycles. The molecule has 102 valence electrons. The van der Waals surface area contributed by atoms with Crippen molar-refractivity contribution in [3.8, 4) is 0 Å². The average molecular weight is 298 g/mol. The Balaban J connectivity index is 1.88. The summed E-state index contributed by atoms with van der Waals surface area (Å²) >= 11 is 7.80. The third-order valence-electron chi connectivity index (χ3n) is 3.91. The van der Waals surface area contributed by atoms with Gasteiger partial charge in [0, 0.05) is 17.3 Å². The molecular weight excluding hydrogens is 282 g/mol. The van der Waals surface area contributed by atoms with Crippen LogP contribution in [0.15, 0.2) is 18.2 Å². The van der Waals surface area contributed by atoms with Crippen molar-refractivity contribution >= 4 is 35.0 Å². The first-order valence-corrected chi connectivity index (χ1v) is 8.04. The minimum absolute atomic E-state index is 0.159. The largest absolute Gasteiger partial charge is 0.380 e. The third-order valence-corrected chi connectivity index (χ3v) is 5.13. The van der Waals surface area contributed by atoms with Crippen LogP contribution >= 0.6 is 23.4 Å². The Morgan fingerprint density at radius 3 is 2.84 bits per heavy atom. The summed E-state index contributed by atoms with van der Waals surface area (Å²) in [5.74, 6) is 1.53. The van der Waals surface area contributed by atoms with Crippen molar-refractivity contribution in [2.24, 2.45) is 0 Å². The number of hydrogen-bond acceptors (Lipinski definition) is 3. The van der Waals surface area contributed by atoms with E-state index < -0.39 is 5.60 Å². The van der Waals surface area contributed by atoms with Crippen molar-refractivity contribution in [1.82, 2.24) is 0 Å². The van der Waals surface area contributed by atoms with Gasteiger partial charge in [0.15, 0.2) is 0 Å². The number of thioether (sulfide) groups is 1. The van der Waals surface area contributed by atoms with Crippen molar-refractivity contribution < 1.29 is 9.90 Å². The SMILES string of the molecule is O=C(N1CCc2ccc(Cl)cc21)C1(O)CCSCC1. The Hall–Kier alpha value is -0.710. The summed E-state index contributed by atoms with van der Waals surface area (Å²) < 4.78 is 0. The van der Waals surface area contributed by atoms with Crippen molar-refractivity contribution in [3.63, 3.8) is 0 Å². The molecule has 0 bridgehead atoms. The molecule has 0 aliphatic carbocycles. The van der Waals surface area contributed by atoms with E-state index >= 15 is 0 Å². The van der Waals surface area contributed by atoms with Gasteiger partial charge >= 0.3 is 0 Å². The van der Waals surface area contributed by atoms with Gasteiger partial charge in [0.2, 0.25) is 0 Å². The van der Waals surface area contributed by atoms with E-state index in [0.29, 0.717) is 24.4 Å². The Labute approximate surface area is 121 Å². The number of aliphatic hydroxyl groups is 1. The van der Waals surface area contributed by atoms with Gasteiger partial charge < -0.3 is 10.0 Å². The zero-order valence-corrected chi connectivity index (χ0v) is 12.1. The van der Waals surface area contributed by atoms with Gasteiger partial charge in [0.05, 0.1) is 0 Å². The van der Waals surface area contributed by atoms with Crippen molar-refractivity contribution in [3.05, 3.63) is 28.8 Å². The van der Waals surface area contributed by atoms with Crippen molar-refractivity contribution in [1.29, 1.82) is 0 Å². The summed E-state index contributed by atoms with van der Waals surface area (Å²) in [5.41, 5.74) is 0.811. The predicted octanol–water partition coefficient (Wildman–Crippen LogP) is 2.49. The standard InChI is InChI=1S/C14H16ClNO2S/c15-11-2-1-10-3-6-16(12(10)9-11)13(17)14(18)4-7-19-8-5-14/h1-2,9,18H,3-8H2. The molecule has 1 fully saturated rings. The number of nitrogens with zero attached hydrogens (tertiary/aromatic N) is 1. The Kier molecular flexibility index (Phi) is 3.50. The molecule has 0 unspecified atom stereocenters. The summed E-state index contributed by atoms with van der Waals surface area (Å²) in [7, 11) is 0. The molecular formula is C14H16ClNO2S. The number of carbonyl (C=O) groups is 1. The molecule has 1 amide bonds. The van der Waals surface area contributed by atoms with Gasteiger partial charge in [-0.25, -0.2) is 0 Å². The predicted molar refractivity (Wildman–Crippen MR) is 79.0 cm³/mol. The normalized spacial score (nSPS) is 21.3. The Morgan fingerprint density at radius 1 is 1.37 bits per heavy atom. The second kappa shape index (κ2) is 5.00. The number of fused-ring (bicyclic) bond motifs is 1. The molecule has 0 radical (unpaired) electrons. The third kappa shape index (κ3) is 2.37. The van der Waals surface area contributed by atoms with Crippen LogP contribution in [0.25, 0.3) is 0 Å². The molecule has 3 rings (SSSR count). The topological polar surface area (TPSA) is 40.5 Å². The highest BCUT2D eigenvalue weighted by atomic mass is 35.5. The molecule has 0 saturated carbocycles. The number of benzene rings is 1. The molecule has 1 aromatic rings. The zero-order chi connectivity index (χ0) is 13.5. The number of amides is 1. The molecule has 5 heteroatoms. The molecule has 0 aromatic heterocycles. The molecule has 1 N–H and O–H groups in total. The van der Waals surface area contributed by atoms with Crippen LogP contribution in [0.1, 0.15) is 18.4 Å². The summed E-state index contributed by atoms with van der Waals surface area (Å²) in [6, 6.07) is 5.63. The van der Waals surface area contributed by atoms with Crippen LogP contribution in [0.3, 0.4) is 0 Å². The first-order valence-electron chi connectivity index (χ1n) is 6.51. The molecule has 2 heterocycles. The molecule has 3 nitrogen and oxygen atoms in total. The summed E-state index contributed by atoms with van der Waals surface area (Å²) in [6.07, 6.45) is 1.93. The van der Waals surface area contributed by atoms with Crippen LogP contribution < -0.4 is 4.90 Å². The number of rotatable bonds is 1. The van der Waals surface area contributed by atoms with Crippen LogP contribution in [0.4, 0.5) is 5.69 Å². The summed E-state index contributed by atoms with van der Waals surface area (Å²) in [6.45, 7) is 0.643. The second-order valence-electron chi connectivity index (χ2n) is 5.12. The highest BCUT2D eigenvalue weighted by Gasteiger charge is 2.42. The lowest BCUT2D eigenvalue weighted by atomic mass is 9.95. The van der Waals surface area contributed by atoms with Gasteiger partial charge in [-0.15, -0.1) is 0 Å². The van der Waals surface area contributed by atoms with Gasteiger partial charge in [0.1, 0.15) is 5.60 Å². The summed E-state index contributed by atoms with van der Waals surface area (Å²) in [5, 5.41) is 11.2. The van der Waals surface area contributed by atoms with Crippen LogP contribution in [-0.2, 0) is 11.2 Å². The maximum Gasteiger partial charge on any atom is 0.259 e. The second-order valence-corrected chi connectivity index (χ2v) is 6.78. The molecule has 0 spiro atoms. The van der Waals surface area contributed by atoms with Crippen LogP contribution in [0.5, 0.6) is 0 Å².